The van der Waals surface area contributed by atoms with Gasteiger partial charge in [0, 0.05) is 89.4 Å². The molecule has 4 aromatic heterocycles. The summed E-state index contributed by atoms with van der Waals surface area (Å²) in [5.41, 5.74) is 6.71. The summed E-state index contributed by atoms with van der Waals surface area (Å²) in [5, 5.41) is 24.6. The predicted molar refractivity (Wildman–Crippen MR) is 394 cm³/mol. The molecule has 14 rings (SSSR count). The van der Waals surface area contributed by atoms with Crippen LogP contribution in [0, 0.1) is 11.8 Å². The van der Waals surface area contributed by atoms with E-state index in [2.05, 4.69) is 94.7 Å². The monoisotopic (exact) mass is 1530 g/mol. The third-order valence-corrected chi connectivity index (χ3v) is 24.6. The molecule has 2 aromatic carbocycles. The van der Waals surface area contributed by atoms with E-state index in [1.54, 1.807) is 6.07 Å². The van der Waals surface area contributed by atoms with Crippen LogP contribution in [0.2, 0.25) is 61.4 Å². The summed E-state index contributed by atoms with van der Waals surface area (Å²) in [7, 11) is -2.52. The SMILES string of the molecule is C[Si](C)(C)CCOCn1c(O[C@@H]2CO[C@H]3[C@@H]2OC[C@H]3O)nc2cc(Cl)c(-c3ccc(Br)cc3)nc21.C[Si](C)(C)CCOCn1c(O[C@@H]2CO[C@H]3[C@@H]2OC[C@H]3O)nc2cc(Cl)c(-c3ccc(N4CCC(CC(=O)OC5CCCCC5)CC4)cc3)nc21.O=C(CC1CCNCC1)OC1CCOCC1. The van der Waals surface area contributed by atoms with Crippen LogP contribution in [0.4, 0.5) is 5.69 Å². The van der Waals surface area contributed by atoms with Crippen LogP contribution in [-0.4, -0.2) is 207 Å². The van der Waals surface area contributed by atoms with E-state index in [9.17, 15) is 19.8 Å². The van der Waals surface area contributed by atoms with E-state index in [4.69, 9.17) is 90.3 Å². The number of hydrogen-bond acceptors (Lipinski definition) is 21. The van der Waals surface area contributed by atoms with E-state index < -0.39 is 46.7 Å². The van der Waals surface area contributed by atoms with Gasteiger partial charge in [0.2, 0.25) is 0 Å². The minimum Gasteiger partial charge on any atom is -0.462 e. The molecule has 28 heteroatoms. The van der Waals surface area contributed by atoms with Gasteiger partial charge in [-0.25, -0.2) is 9.97 Å². The molecule has 0 bridgehead atoms. The fourth-order valence-corrected chi connectivity index (χ4v) is 16.4. The Bertz CT molecular complexity index is 3670. The highest BCUT2D eigenvalue weighted by atomic mass is 79.9. The normalized spacial score (nSPS) is 24.6. The molecule has 552 valence electrons. The van der Waals surface area contributed by atoms with Gasteiger partial charge in [-0.15, -0.1) is 0 Å². The van der Waals surface area contributed by atoms with Crippen molar-refractivity contribution < 1.29 is 71.9 Å². The van der Waals surface area contributed by atoms with Gasteiger partial charge in [0.25, 0.3) is 0 Å². The standard InChI is InChI=1S/C37H51ClN4O7Si.C24H29BrClN3O5Si.C12H21NO3/c1-50(2,3)18-17-45-23-42-36-29(39-37(42)49-31-22-47-34-30(43)21-46-35(31)34)20-28(38)33(40-36)25-9-11-26(12-10-25)41-15-13-24(14-16-41)19-32(44)48-27-7-5-4-6-8-27;1-35(2,3)9-8-31-13-29-23-17(10-16(26)20(28-23)14-4-6-15(25)7-5-14)27-24(29)34-19-12-33-21-18(30)11-32-22(19)21;14-12(9-10-1-5-13-6-2-10)16-11-3-7-15-8-4-11/h9-12,20,24,27,30-31,34-35,43H,4-8,13-19,21-23H2,1-3H3;4-7,10,18-19,21-22,30H,8-9,11-13H2,1-3H3;10-11,13H,1-9H2/t30-,31-,34-,35-;18-,19-,21-,22-;/m11./s1. The van der Waals surface area contributed by atoms with Crippen LogP contribution in [0.5, 0.6) is 12.0 Å². The molecular formula is C73H101BrCl2N8O15Si2. The number of carbonyl (C=O) groups excluding carboxylic acids is 2. The Hall–Kier alpha value is -4.89. The molecule has 1 aliphatic carbocycles. The molecule has 0 radical (unpaired) electrons. The minimum absolute atomic E-state index is 0.0150. The van der Waals surface area contributed by atoms with Gasteiger partial charge >= 0.3 is 24.0 Å². The zero-order valence-electron chi connectivity index (χ0n) is 59.2. The number of nitrogens with zero attached hydrogens (tertiary/aromatic N) is 7. The number of aromatic nitrogens is 6. The fraction of sp³-hybridized carbons (Fsp3) is 0.644. The van der Waals surface area contributed by atoms with E-state index in [1.165, 1.54) is 19.3 Å². The van der Waals surface area contributed by atoms with Crippen LogP contribution in [0.15, 0.2) is 65.1 Å². The molecule has 11 heterocycles. The number of esters is 2. The van der Waals surface area contributed by atoms with Gasteiger partial charge in [0.1, 0.15) is 73.3 Å². The Kier molecular flexibility index (Phi) is 26.3. The second kappa shape index (κ2) is 35.0. The summed E-state index contributed by atoms with van der Waals surface area (Å²) < 4.78 is 69.1. The number of imidazole rings is 2. The molecule has 3 N–H and O–H groups in total. The number of fused-ring (bicyclic) bond motifs is 4. The van der Waals surface area contributed by atoms with Crippen molar-refractivity contribution >= 4 is 95.2 Å². The topological polar surface area (TPSA) is 253 Å². The Morgan fingerprint density at radius 1 is 0.574 bits per heavy atom. The third-order valence-electron chi connectivity index (χ3n) is 20.1. The molecule has 8 aliphatic rings. The Morgan fingerprint density at radius 3 is 1.50 bits per heavy atom. The quantitative estimate of drug-likeness (QED) is 0.0306. The van der Waals surface area contributed by atoms with Crippen LogP contribution >= 0.6 is 39.1 Å². The molecule has 0 unspecified atom stereocenters. The Labute approximate surface area is 612 Å². The first-order chi connectivity index (χ1) is 48.6. The molecule has 8 atom stereocenters. The number of benzene rings is 2. The van der Waals surface area contributed by atoms with Gasteiger partial charge < -0.3 is 72.5 Å². The first kappa shape index (κ1) is 75.8. The summed E-state index contributed by atoms with van der Waals surface area (Å²) in [5.74, 6) is 0.852. The van der Waals surface area contributed by atoms with Crippen LogP contribution < -0.4 is 19.7 Å². The smallest absolute Gasteiger partial charge is 0.306 e. The van der Waals surface area contributed by atoms with Crippen molar-refractivity contribution in [1.29, 1.82) is 0 Å². The van der Waals surface area contributed by atoms with Crippen LogP contribution in [0.3, 0.4) is 0 Å². The van der Waals surface area contributed by atoms with Gasteiger partial charge in [-0.3, -0.25) is 18.7 Å². The van der Waals surface area contributed by atoms with Crippen molar-refractivity contribution in [3.05, 3.63) is 75.2 Å². The Balaban J connectivity index is 0.000000163. The van der Waals surface area contributed by atoms with Crippen molar-refractivity contribution in [2.75, 3.05) is 83.9 Å². The van der Waals surface area contributed by atoms with Gasteiger partial charge in [0.15, 0.2) is 23.5 Å². The molecule has 1 saturated carbocycles. The number of halogens is 3. The Morgan fingerprint density at radius 2 is 1.02 bits per heavy atom. The first-order valence-electron chi connectivity index (χ1n) is 36.4. The van der Waals surface area contributed by atoms with Gasteiger partial charge in [-0.05, 0) is 125 Å². The van der Waals surface area contributed by atoms with Gasteiger partial charge in [-0.1, -0.05) is 109 Å². The van der Waals surface area contributed by atoms with E-state index >= 15 is 0 Å². The number of aliphatic hydroxyl groups excluding tert-OH is 2. The maximum absolute atomic E-state index is 12.6. The third kappa shape index (κ3) is 20.4. The van der Waals surface area contributed by atoms with E-state index in [1.807, 2.05) is 39.5 Å². The van der Waals surface area contributed by atoms with Gasteiger partial charge in [-0.2, -0.15) is 9.97 Å². The number of rotatable bonds is 23. The molecule has 23 nitrogen and oxygen atoms in total. The van der Waals surface area contributed by atoms with Crippen molar-refractivity contribution in [1.82, 2.24) is 34.4 Å². The second-order valence-corrected chi connectivity index (χ2v) is 43.4. The van der Waals surface area contributed by atoms with E-state index in [-0.39, 0.29) is 69.1 Å². The average molecular weight is 1540 g/mol. The molecule has 6 aromatic rings. The molecule has 7 aliphatic heterocycles. The number of aliphatic hydroxyl groups is 2. The van der Waals surface area contributed by atoms with Crippen LogP contribution in [0.25, 0.3) is 44.8 Å². The molecule has 7 saturated heterocycles. The van der Waals surface area contributed by atoms with Gasteiger partial charge in [0.05, 0.1) is 61.1 Å². The number of carbonyl (C=O) groups is 2. The van der Waals surface area contributed by atoms with Crippen LogP contribution in [0.1, 0.15) is 83.5 Å². The molecular weight excluding hydrogens is 1440 g/mol. The predicted octanol–water partition coefficient (Wildman–Crippen LogP) is 12.3. The average Bonchev–Trinajstić information content (AvgIpc) is 1.61. The largest absolute Gasteiger partial charge is 0.462 e. The summed E-state index contributed by atoms with van der Waals surface area (Å²) in [6.07, 6.45) is 9.19. The lowest BCUT2D eigenvalue weighted by Crippen LogP contribution is -2.35. The van der Waals surface area contributed by atoms with Crippen molar-refractivity contribution in [3.63, 3.8) is 0 Å². The zero-order valence-corrected chi connectivity index (χ0v) is 64.3. The second-order valence-electron chi connectivity index (χ2n) is 30.4. The van der Waals surface area contributed by atoms with Crippen molar-refractivity contribution in [3.8, 4) is 34.5 Å². The molecule has 8 fully saturated rings. The number of piperidine rings is 2. The highest BCUT2D eigenvalue weighted by Gasteiger charge is 2.50. The fourth-order valence-electron chi connectivity index (χ4n) is 14.1. The lowest BCUT2D eigenvalue weighted by molar-refractivity contribution is -0.154. The van der Waals surface area contributed by atoms with Crippen LogP contribution in [-0.2, 0) is 65.7 Å². The molecule has 0 amide bonds. The van der Waals surface area contributed by atoms with E-state index in [0.717, 1.165) is 124 Å². The summed E-state index contributed by atoms with van der Waals surface area (Å²) in [4.78, 5) is 46.0. The first-order valence-corrected chi connectivity index (χ1v) is 45.3. The summed E-state index contributed by atoms with van der Waals surface area (Å²) >= 11 is 16.9. The maximum Gasteiger partial charge on any atom is 0.306 e. The number of ether oxygens (including phenoxy) is 11. The maximum atomic E-state index is 12.6. The highest BCUT2D eigenvalue weighted by Crippen LogP contribution is 2.38. The highest BCUT2D eigenvalue weighted by molar-refractivity contribution is 9.10. The summed E-state index contributed by atoms with van der Waals surface area (Å²) in [6.45, 7) is 22.1. The molecule has 0 spiro atoms. The van der Waals surface area contributed by atoms with Crippen molar-refractivity contribution in [2.24, 2.45) is 11.8 Å². The van der Waals surface area contributed by atoms with Crippen molar-refractivity contribution in [2.45, 2.75) is 209 Å². The number of anilines is 1. The summed E-state index contributed by atoms with van der Waals surface area (Å²) in [6, 6.07) is 22.6. The lowest BCUT2D eigenvalue weighted by atomic mass is 9.93. The van der Waals surface area contributed by atoms with E-state index in [0.29, 0.717) is 107 Å². The lowest BCUT2D eigenvalue weighted by Gasteiger charge is -2.33. The zero-order chi connectivity index (χ0) is 70.8. The number of pyridine rings is 2. The minimum atomic E-state index is -1.29. The number of nitrogens with one attached hydrogen (secondary N) is 1. The number of hydrogen-bond donors (Lipinski definition) is 3. The molecule has 101 heavy (non-hydrogen) atoms.